The van der Waals surface area contributed by atoms with Crippen LogP contribution in [0.3, 0.4) is 0 Å². The summed E-state index contributed by atoms with van der Waals surface area (Å²) >= 11 is 0. The van der Waals surface area contributed by atoms with Gasteiger partial charge >= 0.3 is 6.01 Å². The Morgan fingerprint density at radius 3 is 2.73 bits per heavy atom. The van der Waals surface area contributed by atoms with Gasteiger partial charge in [0.15, 0.2) is 11.5 Å². The Morgan fingerprint density at radius 2 is 2.00 bits per heavy atom. The molecule has 9 nitrogen and oxygen atoms in total. The van der Waals surface area contributed by atoms with Crippen LogP contribution in [-0.2, 0) is 6.42 Å². The van der Waals surface area contributed by atoms with Crippen molar-refractivity contribution in [2.75, 3.05) is 30.3 Å². The van der Waals surface area contributed by atoms with Gasteiger partial charge in [0.25, 0.3) is 0 Å². The molecule has 1 fully saturated rings. The molecule has 4 heterocycles. The highest BCUT2D eigenvalue weighted by atomic mass is 16.5. The van der Waals surface area contributed by atoms with E-state index < -0.39 is 0 Å². The van der Waals surface area contributed by atoms with Crippen molar-refractivity contribution in [1.29, 1.82) is 0 Å². The number of pyridine rings is 1. The van der Waals surface area contributed by atoms with Gasteiger partial charge < -0.3 is 21.1 Å². The fourth-order valence-corrected chi connectivity index (χ4v) is 3.79. The topological polar surface area (TPSA) is 120 Å². The largest absolute Gasteiger partial charge is 0.462 e. The Bertz CT molecular complexity index is 1010. The summed E-state index contributed by atoms with van der Waals surface area (Å²) in [5.41, 5.74) is 15.8. The normalized spacial score (nSPS) is 15.1. The van der Waals surface area contributed by atoms with Gasteiger partial charge in [0.1, 0.15) is 5.82 Å². The monoisotopic (exact) mass is 410 g/mol. The van der Waals surface area contributed by atoms with E-state index in [1.807, 2.05) is 6.20 Å². The lowest BCUT2D eigenvalue weighted by molar-refractivity contribution is 0.280. The molecule has 0 amide bonds. The quantitative estimate of drug-likeness (QED) is 0.568. The van der Waals surface area contributed by atoms with Crippen LogP contribution < -0.4 is 21.1 Å². The summed E-state index contributed by atoms with van der Waals surface area (Å²) in [6.45, 7) is 6.70. The van der Waals surface area contributed by atoms with Crippen molar-refractivity contribution in [1.82, 2.24) is 24.6 Å². The number of imidazole rings is 1. The molecule has 4 rings (SSSR count). The number of rotatable bonds is 7. The molecular weight excluding hydrogens is 380 g/mol. The third-order valence-corrected chi connectivity index (χ3v) is 5.50. The molecule has 0 saturated carbocycles. The van der Waals surface area contributed by atoms with Gasteiger partial charge in [0.2, 0.25) is 0 Å². The highest BCUT2D eigenvalue weighted by Gasteiger charge is 2.19. The average Bonchev–Trinajstić information content (AvgIpc) is 3.12. The molecule has 9 heteroatoms. The number of unbranched alkanes of at least 4 members (excludes halogenated alkanes) is 1. The maximum absolute atomic E-state index is 6.06. The molecule has 0 atom stereocenters. The summed E-state index contributed by atoms with van der Waals surface area (Å²) in [5, 5.41) is 4.48. The Balaban J connectivity index is 1.54. The second kappa shape index (κ2) is 8.83. The first-order valence-electron chi connectivity index (χ1n) is 10.6. The minimum Gasteiger partial charge on any atom is -0.462 e. The summed E-state index contributed by atoms with van der Waals surface area (Å²) in [4.78, 5) is 15.7. The first kappa shape index (κ1) is 20.3. The van der Waals surface area contributed by atoms with E-state index in [1.165, 1.54) is 0 Å². The number of aromatic nitrogens is 5. The number of hydrogen-bond acceptors (Lipinski definition) is 8. The van der Waals surface area contributed by atoms with Crippen molar-refractivity contribution in [3.8, 4) is 6.01 Å². The maximum Gasteiger partial charge on any atom is 0.336 e. The molecule has 4 N–H and O–H groups in total. The summed E-state index contributed by atoms with van der Waals surface area (Å²) in [5.74, 6) is 1.36. The Morgan fingerprint density at radius 1 is 1.20 bits per heavy atom. The number of fused-ring (bicyclic) bond motifs is 1. The molecule has 160 valence electrons. The number of piperidine rings is 1. The van der Waals surface area contributed by atoms with E-state index in [0.717, 1.165) is 61.4 Å². The number of hydrogen-bond donors (Lipinski definition) is 2. The van der Waals surface area contributed by atoms with E-state index in [0.29, 0.717) is 30.5 Å². The van der Waals surface area contributed by atoms with Gasteiger partial charge in [-0.3, -0.25) is 0 Å². The molecule has 0 unspecified atom stereocenters. The van der Waals surface area contributed by atoms with Crippen LogP contribution in [0.4, 0.5) is 11.6 Å². The molecular formula is C21H30N8O. The molecule has 3 aromatic heterocycles. The van der Waals surface area contributed by atoms with Crippen molar-refractivity contribution < 1.29 is 4.74 Å². The van der Waals surface area contributed by atoms with Crippen molar-refractivity contribution in [2.45, 2.75) is 52.0 Å². The minimum atomic E-state index is 0.278. The highest BCUT2D eigenvalue weighted by molar-refractivity contribution is 5.60. The van der Waals surface area contributed by atoms with Crippen molar-refractivity contribution in [2.24, 2.45) is 5.73 Å². The summed E-state index contributed by atoms with van der Waals surface area (Å²) in [7, 11) is 0. The van der Waals surface area contributed by atoms with E-state index in [4.69, 9.17) is 21.2 Å². The number of nitrogen functional groups attached to an aromatic ring is 1. The SMILES string of the molecule is CCCCOc1nc(N)c2ncc(Cc3cnc(N4CCC(N)CC4)c(C)c3)n2n1. The molecule has 0 spiro atoms. The van der Waals surface area contributed by atoms with Crippen LogP contribution in [0, 0.1) is 6.92 Å². The second-order valence-corrected chi connectivity index (χ2v) is 7.95. The number of nitrogens with two attached hydrogens (primary N) is 2. The average molecular weight is 411 g/mol. The zero-order valence-corrected chi connectivity index (χ0v) is 17.7. The molecule has 30 heavy (non-hydrogen) atoms. The lowest BCUT2D eigenvalue weighted by Gasteiger charge is -2.32. The van der Waals surface area contributed by atoms with Crippen LogP contribution in [-0.4, -0.2) is 50.3 Å². The van der Waals surface area contributed by atoms with Crippen molar-refractivity contribution >= 4 is 17.3 Å². The minimum absolute atomic E-state index is 0.278. The number of ether oxygens (including phenoxy) is 1. The van der Waals surface area contributed by atoms with Crippen LogP contribution in [0.1, 0.15) is 49.4 Å². The second-order valence-electron chi connectivity index (χ2n) is 7.95. The molecule has 3 aromatic rings. The van der Waals surface area contributed by atoms with E-state index >= 15 is 0 Å². The van der Waals surface area contributed by atoms with Crippen LogP contribution in [0.2, 0.25) is 0 Å². The van der Waals surface area contributed by atoms with Crippen molar-refractivity contribution in [3.05, 3.63) is 35.3 Å². The third kappa shape index (κ3) is 4.30. The summed E-state index contributed by atoms with van der Waals surface area (Å²) in [6, 6.07) is 2.77. The number of anilines is 2. The zero-order valence-electron chi connectivity index (χ0n) is 17.7. The van der Waals surface area contributed by atoms with Gasteiger partial charge in [-0.1, -0.05) is 19.4 Å². The molecule has 1 aliphatic heterocycles. The lowest BCUT2D eigenvalue weighted by atomic mass is 10.0. The van der Waals surface area contributed by atoms with E-state index in [1.54, 1.807) is 10.7 Å². The number of aryl methyl sites for hydroxylation is 1. The summed E-state index contributed by atoms with van der Waals surface area (Å²) in [6.07, 6.45) is 8.36. The summed E-state index contributed by atoms with van der Waals surface area (Å²) < 4.78 is 7.36. The zero-order chi connectivity index (χ0) is 21.1. The highest BCUT2D eigenvalue weighted by Crippen LogP contribution is 2.23. The van der Waals surface area contributed by atoms with E-state index in [9.17, 15) is 0 Å². The fourth-order valence-electron chi connectivity index (χ4n) is 3.79. The Hall–Kier alpha value is -2.94. The Labute approximate surface area is 176 Å². The van der Waals surface area contributed by atoms with Crippen LogP contribution in [0.15, 0.2) is 18.5 Å². The predicted molar refractivity (Wildman–Crippen MR) is 117 cm³/mol. The maximum atomic E-state index is 6.06. The van der Waals surface area contributed by atoms with E-state index in [2.05, 4.69) is 39.9 Å². The lowest BCUT2D eigenvalue weighted by Crippen LogP contribution is -2.40. The van der Waals surface area contributed by atoms with Gasteiger partial charge in [0, 0.05) is 31.7 Å². The fraction of sp³-hybridized carbons (Fsp3) is 0.524. The van der Waals surface area contributed by atoms with Gasteiger partial charge in [-0.2, -0.15) is 4.98 Å². The third-order valence-electron chi connectivity index (χ3n) is 5.50. The van der Waals surface area contributed by atoms with Gasteiger partial charge in [-0.25, -0.2) is 14.5 Å². The van der Waals surface area contributed by atoms with Gasteiger partial charge in [-0.05, 0) is 37.3 Å². The first-order chi connectivity index (χ1) is 14.5. The number of nitrogens with zero attached hydrogens (tertiary/aromatic N) is 6. The molecule has 0 aliphatic carbocycles. The molecule has 1 aliphatic rings. The van der Waals surface area contributed by atoms with E-state index in [-0.39, 0.29) is 6.01 Å². The van der Waals surface area contributed by atoms with Crippen LogP contribution in [0.5, 0.6) is 6.01 Å². The molecule has 0 radical (unpaired) electrons. The van der Waals surface area contributed by atoms with Crippen LogP contribution in [0.25, 0.3) is 5.65 Å². The predicted octanol–water partition coefficient (Wildman–Crippen LogP) is 2.11. The molecule has 0 bridgehead atoms. The van der Waals surface area contributed by atoms with Crippen LogP contribution >= 0.6 is 0 Å². The van der Waals surface area contributed by atoms with Gasteiger partial charge in [-0.15, -0.1) is 5.10 Å². The standard InChI is InChI=1S/C21H30N8O/c1-3-4-9-30-21-26-18(23)20-25-13-17(29(20)27-21)11-15-10-14(2)19(24-12-15)28-7-5-16(22)6-8-28/h10,12-13,16H,3-9,11,22H2,1-2H3,(H2,23,26,27). The Kier molecular flexibility index (Phi) is 5.98. The van der Waals surface area contributed by atoms with Gasteiger partial charge in [0.05, 0.1) is 18.5 Å². The smallest absolute Gasteiger partial charge is 0.336 e. The molecule has 1 saturated heterocycles. The first-order valence-corrected chi connectivity index (χ1v) is 10.6. The molecule has 0 aromatic carbocycles. The van der Waals surface area contributed by atoms with Crippen molar-refractivity contribution in [3.63, 3.8) is 0 Å².